The summed E-state index contributed by atoms with van der Waals surface area (Å²) in [6, 6.07) is 0. The van der Waals surface area contributed by atoms with Crippen molar-refractivity contribution in [2.24, 2.45) is 0 Å². The molecule has 0 N–H and O–H groups in total. The van der Waals surface area contributed by atoms with Crippen molar-refractivity contribution in [3.05, 3.63) is 23.7 Å². The summed E-state index contributed by atoms with van der Waals surface area (Å²) >= 11 is 0. The van der Waals surface area contributed by atoms with E-state index in [4.69, 9.17) is 9.31 Å². The third-order valence-electron chi connectivity index (χ3n) is 1.89. The molecule has 1 aliphatic carbocycles. The molecule has 0 fully saturated rings. The summed E-state index contributed by atoms with van der Waals surface area (Å²) in [6.07, 6.45) is 7.59. The molecule has 0 heterocycles. The standard InChI is InChI=1S/C11H19BO2/c1-9(2)13-12(14-10(3)4)11-7-5-6-8-11/h5-7,9-10H,8H2,1-4H3. The van der Waals surface area contributed by atoms with Gasteiger partial charge >= 0.3 is 7.12 Å². The SMILES string of the molecule is CC(C)OB(OC(C)C)C1=CC=CC1. The fraction of sp³-hybridized carbons (Fsp3) is 0.636. The Bertz CT molecular complexity index is 221. The van der Waals surface area contributed by atoms with Crippen LogP contribution in [0, 0.1) is 0 Å². The van der Waals surface area contributed by atoms with Crippen molar-refractivity contribution in [1.29, 1.82) is 0 Å². The fourth-order valence-corrected chi connectivity index (χ4v) is 1.34. The van der Waals surface area contributed by atoms with Crippen molar-refractivity contribution in [2.45, 2.75) is 46.3 Å². The average molecular weight is 194 g/mol. The molecule has 0 aliphatic heterocycles. The molecule has 0 saturated heterocycles. The molecule has 3 heteroatoms. The van der Waals surface area contributed by atoms with Gasteiger partial charge in [0.2, 0.25) is 0 Å². The molecular weight excluding hydrogens is 175 g/mol. The first-order valence-corrected chi connectivity index (χ1v) is 5.26. The van der Waals surface area contributed by atoms with E-state index in [0.717, 1.165) is 6.42 Å². The normalized spacial score (nSPS) is 15.4. The van der Waals surface area contributed by atoms with Gasteiger partial charge < -0.3 is 9.31 Å². The van der Waals surface area contributed by atoms with Gasteiger partial charge in [0.05, 0.1) is 0 Å². The molecule has 14 heavy (non-hydrogen) atoms. The molecule has 0 radical (unpaired) electrons. The van der Waals surface area contributed by atoms with Crippen LogP contribution in [0.2, 0.25) is 0 Å². The van der Waals surface area contributed by atoms with Gasteiger partial charge in [0.25, 0.3) is 0 Å². The third kappa shape index (κ3) is 3.68. The van der Waals surface area contributed by atoms with Gasteiger partial charge in [0, 0.05) is 12.2 Å². The summed E-state index contributed by atoms with van der Waals surface area (Å²) in [4.78, 5) is 0. The van der Waals surface area contributed by atoms with Gasteiger partial charge in [-0.3, -0.25) is 0 Å². The van der Waals surface area contributed by atoms with Crippen LogP contribution in [0.4, 0.5) is 0 Å². The van der Waals surface area contributed by atoms with Gasteiger partial charge in [0.1, 0.15) is 0 Å². The second-order valence-corrected chi connectivity index (χ2v) is 4.08. The van der Waals surface area contributed by atoms with Gasteiger partial charge in [-0.1, -0.05) is 18.2 Å². The summed E-state index contributed by atoms with van der Waals surface area (Å²) in [5, 5.41) is 0. The van der Waals surface area contributed by atoms with Gasteiger partial charge in [-0.15, -0.1) is 0 Å². The highest BCUT2D eigenvalue weighted by atomic mass is 16.6. The van der Waals surface area contributed by atoms with Crippen LogP contribution in [0.1, 0.15) is 34.1 Å². The van der Waals surface area contributed by atoms with Crippen molar-refractivity contribution >= 4 is 7.12 Å². The molecule has 0 atom stereocenters. The van der Waals surface area contributed by atoms with Crippen molar-refractivity contribution in [1.82, 2.24) is 0 Å². The first-order valence-electron chi connectivity index (χ1n) is 5.26. The Morgan fingerprint density at radius 3 is 2.07 bits per heavy atom. The van der Waals surface area contributed by atoms with Crippen LogP contribution < -0.4 is 0 Å². The van der Waals surface area contributed by atoms with Crippen molar-refractivity contribution < 1.29 is 9.31 Å². The number of allylic oxidation sites excluding steroid dienone is 4. The van der Waals surface area contributed by atoms with E-state index in [1.54, 1.807) is 0 Å². The van der Waals surface area contributed by atoms with Crippen LogP contribution in [0.3, 0.4) is 0 Å². The van der Waals surface area contributed by atoms with Gasteiger partial charge in [-0.2, -0.15) is 0 Å². The molecule has 1 aliphatic rings. The van der Waals surface area contributed by atoms with Crippen molar-refractivity contribution in [3.8, 4) is 0 Å². The van der Waals surface area contributed by atoms with E-state index < -0.39 is 0 Å². The second-order valence-electron chi connectivity index (χ2n) is 4.08. The van der Waals surface area contributed by atoms with E-state index in [1.165, 1.54) is 5.47 Å². The highest BCUT2D eigenvalue weighted by molar-refractivity contribution is 6.54. The summed E-state index contributed by atoms with van der Waals surface area (Å²) in [5.41, 5.74) is 1.22. The highest BCUT2D eigenvalue weighted by Gasteiger charge is 2.26. The Labute approximate surface area is 87.1 Å². The van der Waals surface area contributed by atoms with Crippen molar-refractivity contribution in [3.63, 3.8) is 0 Å². The minimum absolute atomic E-state index is 0.176. The summed E-state index contributed by atoms with van der Waals surface area (Å²) in [5.74, 6) is 0. The highest BCUT2D eigenvalue weighted by Crippen LogP contribution is 2.17. The Hall–Kier alpha value is -0.535. The monoisotopic (exact) mass is 194 g/mol. The van der Waals surface area contributed by atoms with Crippen molar-refractivity contribution in [2.75, 3.05) is 0 Å². The largest absolute Gasteiger partial charge is 0.490 e. The Morgan fingerprint density at radius 1 is 1.14 bits per heavy atom. The van der Waals surface area contributed by atoms with E-state index in [1.807, 2.05) is 27.7 Å². The van der Waals surface area contributed by atoms with Crippen LogP contribution in [0.15, 0.2) is 23.7 Å². The van der Waals surface area contributed by atoms with Gasteiger partial charge in [0.15, 0.2) is 0 Å². The number of rotatable bonds is 5. The molecule has 0 aromatic carbocycles. The molecule has 1 rings (SSSR count). The smallest absolute Gasteiger partial charge is 0.405 e. The lowest BCUT2D eigenvalue weighted by molar-refractivity contribution is 0.135. The van der Waals surface area contributed by atoms with Crippen LogP contribution in [-0.4, -0.2) is 19.3 Å². The molecular formula is C11H19BO2. The van der Waals surface area contributed by atoms with Crippen LogP contribution in [0.5, 0.6) is 0 Å². The number of hydrogen-bond acceptors (Lipinski definition) is 2. The zero-order chi connectivity index (χ0) is 10.6. The first-order chi connectivity index (χ1) is 6.59. The maximum atomic E-state index is 5.71. The fourth-order valence-electron chi connectivity index (χ4n) is 1.34. The van der Waals surface area contributed by atoms with E-state index in [2.05, 4.69) is 18.2 Å². The molecule has 0 unspecified atom stereocenters. The Balaban J connectivity index is 2.52. The molecule has 0 saturated carbocycles. The van der Waals surface area contributed by atoms with Crippen LogP contribution in [-0.2, 0) is 9.31 Å². The minimum atomic E-state index is -0.176. The lowest BCUT2D eigenvalue weighted by Crippen LogP contribution is -2.31. The molecule has 0 spiro atoms. The first kappa shape index (κ1) is 11.5. The zero-order valence-corrected chi connectivity index (χ0v) is 9.49. The Kier molecular flexibility index (Phi) is 4.43. The van der Waals surface area contributed by atoms with Gasteiger partial charge in [-0.25, -0.2) is 0 Å². The summed E-state index contributed by atoms with van der Waals surface area (Å²) in [7, 11) is -0.176. The zero-order valence-electron chi connectivity index (χ0n) is 9.49. The maximum Gasteiger partial charge on any atom is 0.490 e. The topological polar surface area (TPSA) is 18.5 Å². The summed E-state index contributed by atoms with van der Waals surface area (Å²) < 4.78 is 11.4. The van der Waals surface area contributed by atoms with Crippen LogP contribution in [0.25, 0.3) is 0 Å². The van der Waals surface area contributed by atoms with E-state index >= 15 is 0 Å². The molecule has 0 bridgehead atoms. The van der Waals surface area contributed by atoms with Gasteiger partial charge in [-0.05, 0) is 39.6 Å². The number of hydrogen-bond donors (Lipinski definition) is 0. The second kappa shape index (κ2) is 5.37. The molecule has 2 nitrogen and oxygen atoms in total. The van der Waals surface area contributed by atoms with E-state index in [9.17, 15) is 0 Å². The maximum absolute atomic E-state index is 5.71. The Morgan fingerprint density at radius 2 is 1.71 bits per heavy atom. The average Bonchev–Trinajstić information content (AvgIpc) is 2.52. The van der Waals surface area contributed by atoms with E-state index in [-0.39, 0.29) is 19.3 Å². The van der Waals surface area contributed by atoms with Crippen LogP contribution >= 0.6 is 0 Å². The lowest BCUT2D eigenvalue weighted by atomic mass is 9.76. The summed E-state index contributed by atoms with van der Waals surface area (Å²) in [6.45, 7) is 8.11. The molecule has 0 aromatic rings. The minimum Gasteiger partial charge on any atom is -0.405 e. The predicted octanol–water partition coefficient (Wildman–Crippen LogP) is 2.75. The third-order valence-corrected chi connectivity index (χ3v) is 1.89. The molecule has 0 aromatic heterocycles. The van der Waals surface area contributed by atoms with E-state index in [0.29, 0.717) is 0 Å². The molecule has 0 amide bonds. The quantitative estimate of drug-likeness (QED) is 0.626. The molecule has 78 valence electrons. The predicted molar refractivity (Wildman–Crippen MR) is 60.0 cm³/mol. The lowest BCUT2D eigenvalue weighted by Gasteiger charge is -2.20.